The molecule has 3 aromatic carbocycles. The average molecular weight is 355 g/mol. The lowest BCUT2D eigenvalue weighted by molar-refractivity contribution is -0.128. The number of nitrogens with zero attached hydrogens (tertiary/aromatic N) is 1. The molecule has 1 aliphatic heterocycles. The molecule has 1 atom stereocenters. The molecule has 0 bridgehead atoms. The van der Waals surface area contributed by atoms with Crippen molar-refractivity contribution < 1.29 is 13.6 Å². The molecule has 1 heterocycles. The standard InChI is InChI=1S/C20H15F2NOS/c21-16-6-3-7-17(22)19(16)20-23(18(24)12-25-20)11-13-8-9-14-4-1-2-5-15(14)10-13/h1-10,20H,11-12H2. The van der Waals surface area contributed by atoms with Crippen molar-refractivity contribution >= 4 is 28.4 Å². The van der Waals surface area contributed by atoms with Crippen LogP contribution < -0.4 is 0 Å². The van der Waals surface area contributed by atoms with Gasteiger partial charge in [-0.2, -0.15) is 0 Å². The molecule has 4 rings (SSSR count). The van der Waals surface area contributed by atoms with Crippen molar-refractivity contribution in [2.75, 3.05) is 5.75 Å². The Morgan fingerprint density at radius 1 is 0.960 bits per heavy atom. The fourth-order valence-corrected chi connectivity index (χ4v) is 4.37. The van der Waals surface area contributed by atoms with Crippen molar-refractivity contribution in [3.63, 3.8) is 0 Å². The molecule has 3 aromatic rings. The summed E-state index contributed by atoms with van der Waals surface area (Å²) in [4.78, 5) is 13.9. The lowest BCUT2D eigenvalue weighted by atomic mass is 10.1. The number of carbonyl (C=O) groups is 1. The molecular weight excluding hydrogens is 340 g/mol. The number of hydrogen-bond acceptors (Lipinski definition) is 2. The highest BCUT2D eigenvalue weighted by Crippen LogP contribution is 2.41. The Morgan fingerprint density at radius 3 is 2.44 bits per heavy atom. The summed E-state index contributed by atoms with van der Waals surface area (Å²) in [6.45, 7) is 0.328. The maximum absolute atomic E-state index is 14.2. The number of amides is 1. The number of halogens is 2. The van der Waals surface area contributed by atoms with Gasteiger partial charge >= 0.3 is 0 Å². The number of benzene rings is 3. The first-order valence-corrected chi connectivity index (χ1v) is 9.01. The third-order valence-corrected chi connectivity index (χ3v) is 5.60. The van der Waals surface area contributed by atoms with E-state index < -0.39 is 17.0 Å². The average Bonchev–Trinajstić information content (AvgIpc) is 2.95. The van der Waals surface area contributed by atoms with E-state index in [0.717, 1.165) is 16.3 Å². The van der Waals surface area contributed by atoms with Gasteiger partial charge in [0, 0.05) is 6.54 Å². The Bertz CT molecular complexity index is 939. The summed E-state index contributed by atoms with van der Waals surface area (Å²) in [6.07, 6.45) is 0. The molecule has 126 valence electrons. The van der Waals surface area contributed by atoms with Gasteiger partial charge in [0.15, 0.2) is 0 Å². The summed E-state index contributed by atoms with van der Waals surface area (Å²) in [6, 6.07) is 17.7. The van der Waals surface area contributed by atoms with Crippen LogP contribution in [0.4, 0.5) is 8.78 Å². The summed E-state index contributed by atoms with van der Waals surface area (Å²) >= 11 is 1.26. The molecule has 1 unspecified atom stereocenters. The normalized spacial score (nSPS) is 17.4. The van der Waals surface area contributed by atoms with Crippen molar-refractivity contribution in [2.24, 2.45) is 0 Å². The van der Waals surface area contributed by atoms with Crippen LogP contribution in [0.25, 0.3) is 10.8 Å². The lowest BCUT2D eigenvalue weighted by Gasteiger charge is -2.25. The molecule has 0 radical (unpaired) electrons. The van der Waals surface area contributed by atoms with E-state index in [1.165, 1.54) is 30.0 Å². The number of rotatable bonds is 3. The Kier molecular flexibility index (Phi) is 4.17. The minimum Gasteiger partial charge on any atom is -0.321 e. The topological polar surface area (TPSA) is 20.3 Å². The monoisotopic (exact) mass is 355 g/mol. The zero-order valence-corrected chi connectivity index (χ0v) is 14.1. The lowest BCUT2D eigenvalue weighted by Crippen LogP contribution is -2.28. The Balaban J connectivity index is 1.68. The van der Waals surface area contributed by atoms with Gasteiger partial charge in [0.2, 0.25) is 5.91 Å². The van der Waals surface area contributed by atoms with Crippen LogP contribution in [0.5, 0.6) is 0 Å². The van der Waals surface area contributed by atoms with Gasteiger partial charge in [0.25, 0.3) is 0 Å². The second kappa shape index (κ2) is 6.48. The number of hydrogen-bond donors (Lipinski definition) is 0. The van der Waals surface area contributed by atoms with Crippen LogP contribution in [-0.2, 0) is 11.3 Å². The van der Waals surface area contributed by atoms with E-state index in [4.69, 9.17) is 0 Å². The fraction of sp³-hybridized carbons (Fsp3) is 0.150. The van der Waals surface area contributed by atoms with Crippen molar-refractivity contribution in [3.8, 4) is 0 Å². The fourth-order valence-electron chi connectivity index (χ4n) is 3.14. The van der Waals surface area contributed by atoms with Gasteiger partial charge in [-0.3, -0.25) is 4.79 Å². The van der Waals surface area contributed by atoms with Crippen LogP contribution >= 0.6 is 11.8 Å². The SMILES string of the molecule is O=C1CSC(c2c(F)cccc2F)N1Cc1ccc2ccccc2c1. The third kappa shape index (κ3) is 3.00. The molecule has 1 aliphatic rings. The summed E-state index contributed by atoms with van der Waals surface area (Å²) in [5, 5.41) is 1.55. The number of fused-ring (bicyclic) bond motifs is 1. The minimum absolute atomic E-state index is 0.0425. The molecule has 25 heavy (non-hydrogen) atoms. The maximum Gasteiger partial charge on any atom is 0.234 e. The highest BCUT2D eigenvalue weighted by molar-refractivity contribution is 8.00. The maximum atomic E-state index is 14.2. The zero-order valence-electron chi connectivity index (χ0n) is 13.3. The molecule has 0 spiro atoms. The summed E-state index contributed by atoms with van der Waals surface area (Å²) in [5.74, 6) is -1.11. The quantitative estimate of drug-likeness (QED) is 0.666. The van der Waals surface area contributed by atoms with Crippen LogP contribution in [0.15, 0.2) is 60.7 Å². The van der Waals surface area contributed by atoms with Crippen LogP contribution in [0.2, 0.25) is 0 Å². The predicted octanol–water partition coefficient (Wildman–Crippen LogP) is 4.89. The first-order valence-electron chi connectivity index (χ1n) is 7.96. The van der Waals surface area contributed by atoms with E-state index in [-0.39, 0.29) is 17.2 Å². The van der Waals surface area contributed by atoms with Crippen LogP contribution in [0.3, 0.4) is 0 Å². The second-order valence-electron chi connectivity index (χ2n) is 6.00. The first kappa shape index (κ1) is 16.1. The van der Waals surface area contributed by atoms with E-state index in [0.29, 0.717) is 6.54 Å². The van der Waals surface area contributed by atoms with Crippen molar-refractivity contribution in [1.82, 2.24) is 4.90 Å². The van der Waals surface area contributed by atoms with E-state index >= 15 is 0 Å². The van der Waals surface area contributed by atoms with E-state index in [9.17, 15) is 13.6 Å². The van der Waals surface area contributed by atoms with Gasteiger partial charge in [-0.15, -0.1) is 11.8 Å². The van der Waals surface area contributed by atoms with E-state index in [1.807, 2.05) is 42.5 Å². The summed E-state index contributed by atoms with van der Waals surface area (Å²) in [7, 11) is 0. The minimum atomic E-state index is -0.639. The predicted molar refractivity (Wildman–Crippen MR) is 96.1 cm³/mol. The molecule has 0 saturated carbocycles. The first-order chi connectivity index (χ1) is 12.1. The van der Waals surface area contributed by atoms with Gasteiger partial charge < -0.3 is 4.90 Å². The largest absolute Gasteiger partial charge is 0.321 e. The highest BCUT2D eigenvalue weighted by atomic mass is 32.2. The molecule has 1 saturated heterocycles. The van der Waals surface area contributed by atoms with E-state index in [2.05, 4.69) is 0 Å². The second-order valence-corrected chi connectivity index (χ2v) is 7.07. The van der Waals surface area contributed by atoms with Gasteiger partial charge in [0.05, 0.1) is 11.3 Å². The van der Waals surface area contributed by atoms with E-state index in [1.54, 1.807) is 4.90 Å². The molecule has 5 heteroatoms. The number of thioether (sulfide) groups is 1. The molecule has 0 aromatic heterocycles. The van der Waals surface area contributed by atoms with Crippen molar-refractivity contribution in [2.45, 2.75) is 11.9 Å². The Morgan fingerprint density at radius 2 is 1.68 bits per heavy atom. The molecule has 0 N–H and O–H groups in total. The van der Waals surface area contributed by atoms with Gasteiger partial charge in [-0.25, -0.2) is 8.78 Å². The molecular formula is C20H15F2NOS. The van der Waals surface area contributed by atoms with Crippen molar-refractivity contribution in [1.29, 1.82) is 0 Å². The molecule has 2 nitrogen and oxygen atoms in total. The molecule has 1 fully saturated rings. The zero-order chi connectivity index (χ0) is 17.4. The van der Waals surface area contributed by atoms with Crippen LogP contribution in [0, 0.1) is 11.6 Å². The summed E-state index contributed by atoms with van der Waals surface area (Å²) in [5.41, 5.74) is 0.899. The third-order valence-electron chi connectivity index (χ3n) is 4.38. The van der Waals surface area contributed by atoms with Crippen LogP contribution in [-0.4, -0.2) is 16.6 Å². The highest BCUT2D eigenvalue weighted by Gasteiger charge is 2.36. The van der Waals surface area contributed by atoms with Gasteiger partial charge in [-0.05, 0) is 34.5 Å². The van der Waals surface area contributed by atoms with Crippen molar-refractivity contribution in [3.05, 3.63) is 83.4 Å². The van der Waals surface area contributed by atoms with Gasteiger partial charge in [-0.1, -0.05) is 42.5 Å². The molecule has 1 amide bonds. The smallest absolute Gasteiger partial charge is 0.234 e. The van der Waals surface area contributed by atoms with Crippen LogP contribution in [0.1, 0.15) is 16.5 Å². The number of carbonyl (C=O) groups excluding carboxylic acids is 1. The summed E-state index contributed by atoms with van der Waals surface area (Å²) < 4.78 is 28.3. The Labute approximate surface area is 148 Å². The molecule has 0 aliphatic carbocycles. The van der Waals surface area contributed by atoms with Gasteiger partial charge in [0.1, 0.15) is 17.0 Å². The Hall–Kier alpha value is -2.40.